The SMILES string of the molecule is CCC(C)(CCBr)NC(=O)CCOc1ccccc1. The summed E-state index contributed by atoms with van der Waals surface area (Å²) in [6.45, 7) is 4.57. The summed E-state index contributed by atoms with van der Waals surface area (Å²) >= 11 is 3.42. The van der Waals surface area contributed by atoms with Gasteiger partial charge in [0, 0.05) is 10.9 Å². The minimum absolute atomic E-state index is 0.0428. The van der Waals surface area contributed by atoms with Crippen LogP contribution in [0.3, 0.4) is 0 Å². The molecule has 0 bridgehead atoms. The van der Waals surface area contributed by atoms with Crippen LogP contribution in [0.4, 0.5) is 0 Å². The molecule has 1 aromatic rings. The lowest BCUT2D eigenvalue weighted by molar-refractivity contribution is -0.123. The van der Waals surface area contributed by atoms with Crippen LogP contribution in [0.1, 0.15) is 33.1 Å². The molecule has 19 heavy (non-hydrogen) atoms. The van der Waals surface area contributed by atoms with Gasteiger partial charge in [0.1, 0.15) is 5.75 Å². The predicted octanol–water partition coefficient (Wildman–Crippen LogP) is 3.53. The molecule has 3 nitrogen and oxygen atoms in total. The third-order valence-electron chi connectivity index (χ3n) is 3.21. The Labute approximate surface area is 123 Å². The summed E-state index contributed by atoms with van der Waals surface area (Å²) < 4.78 is 5.51. The van der Waals surface area contributed by atoms with Gasteiger partial charge in [-0.2, -0.15) is 0 Å². The maximum Gasteiger partial charge on any atom is 0.223 e. The molecular formula is C15H22BrNO2. The molecule has 0 spiro atoms. The molecule has 4 heteroatoms. The van der Waals surface area contributed by atoms with E-state index in [0.29, 0.717) is 13.0 Å². The number of halogens is 1. The number of carbonyl (C=O) groups is 1. The first-order valence-electron chi connectivity index (χ1n) is 6.64. The van der Waals surface area contributed by atoms with Gasteiger partial charge in [0.2, 0.25) is 5.91 Å². The highest BCUT2D eigenvalue weighted by molar-refractivity contribution is 9.09. The third-order valence-corrected chi connectivity index (χ3v) is 3.61. The summed E-state index contributed by atoms with van der Waals surface area (Å²) in [6.07, 6.45) is 2.23. The van der Waals surface area contributed by atoms with Crippen molar-refractivity contribution in [2.75, 3.05) is 11.9 Å². The van der Waals surface area contributed by atoms with Crippen molar-refractivity contribution in [3.63, 3.8) is 0 Å². The van der Waals surface area contributed by atoms with Crippen molar-refractivity contribution < 1.29 is 9.53 Å². The van der Waals surface area contributed by atoms with E-state index in [1.54, 1.807) is 0 Å². The lowest BCUT2D eigenvalue weighted by Crippen LogP contribution is -2.46. The van der Waals surface area contributed by atoms with Crippen LogP contribution in [0, 0.1) is 0 Å². The lowest BCUT2D eigenvalue weighted by atomic mass is 9.95. The number of rotatable bonds is 8. The Morgan fingerprint density at radius 1 is 1.37 bits per heavy atom. The molecule has 1 rings (SSSR count). The summed E-state index contributed by atoms with van der Waals surface area (Å²) in [5.41, 5.74) is -0.132. The molecule has 0 saturated carbocycles. The molecule has 1 atom stereocenters. The summed E-state index contributed by atoms with van der Waals surface area (Å²) in [4.78, 5) is 11.9. The van der Waals surface area contributed by atoms with Crippen LogP contribution in [0.5, 0.6) is 5.75 Å². The first-order chi connectivity index (χ1) is 9.09. The second-order valence-electron chi connectivity index (χ2n) is 4.81. The number of benzene rings is 1. The maximum atomic E-state index is 11.9. The number of ether oxygens (including phenoxy) is 1. The number of carbonyl (C=O) groups excluding carboxylic acids is 1. The molecule has 0 radical (unpaired) electrons. The Hall–Kier alpha value is -1.03. The lowest BCUT2D eigenvalue weighted by Gasteiger charge is -2.29. The van der Waals surface area contributed by atoms with Crippen LogP contribution < -0.4 is 10.1 Å². The maximum absolute atomic E-state index is 11.9. The number of nitrogens with one attached hydrogen (secondary N) is 1. The zero-order valence-corrected chi connectivity index (χ0v) is 13.2. The molecule has 1 unspecified atom stereocenters. The second kappa shape index (κ2) is 8.20. The minimum Gasteiger partial charge on any atom is -0.493 e. The normalized spacial score (nSPS) is 13.6. The average Bonchev–Trinajstić information content (AvgIpc) is 2.40. The molecule has 0 aliphatic carbocycles. The Balaban J connectivity index is 2.31. The first-order valence-corrected chi connectivity index (χ1v) is 7.76. The number of amides is 1. The van der Waals surface area contributed by atoms with E-state index in [-0.39, 0.29) is 11.4 Å². The van der Waals surface area contributed by atoms with Gasteiger partial charge in [-0.1, -0.05) is 41.1 Å². The largest absolute Gasteiger partial charge is 0.493 e. The van der Waals surface area contributed by atoms with Crippen LogP contribution in [0.15, 0.2) is 30.3 Å². The van der Waals surface area contributed by atoms with Gasteiger partial charge in [0.15, 0.2) is 0 Å². The van der Waals surface area contributed by atoms with Crippen LogP contribution in [0.2, 0.25) is 0 Å². The van der Waals surface area contributed by atoms with Crippen molar-refractivity contribution in [1.29, 1.82) is 0 Å². The molecule has 0 aliphatic rings. The molecule has 1 N–H and O–H groups in total. The fourth-order valence-corrected chi connectivity index (χ4v) is 2.59. The van der Waals surface area contributed by atoms with Gasteiger partial charge in [-0.15, -0.1) is 0 Å². The van der Waals surface area contributed by atoms with Crippen LogP contribution in [0.25, 0.3) is 0 Å². The molecule has 0 saturated heterocycles. The van der Waals surface area contributed by atoms with Crippen molar-refractivity contribution in [1.82, 2.24) is 5.32 Å². The standard InChI is InChI=1S/C15H22BrNO2/c1-3-15(2,10-11-16)17-14(18)9-12-19-13-7-5-4-6-8-13/h4-8H,3,9-12H2,1-2H3,(H,17,18). The van der Waals surface area contributed by atoms with Gasteiger partial charge < -0.3 is 10.1 Å². The number of hydrogen-bond donors (Lipinski definition) is 1. The highest BCUT2D eigenvalue weighted by atomic mass is 79.9. The zero-order valence-electron chi connectivity index (χ0n) is 11.6. The van der Waals surface area contributed by atoms with E-state index < -0.39 is 0 Å². The monoisotopic (exact) mass is 327 g/mol. The van der Waals surface area contributed by atoms with Gasteiger partial charge in [0.25, 0.3) is 0 Å². The summed E-state index contributed by atoms with van der Waals surface area (Å²) in [7, 11) is 0. The number of hydrogen-bond acceptors (Lipinski definition) is 2. The van der Waals surface area contributed by atoms with E-state index in [4.69, 9.17) is 4.74 Å². The Kier molecular flexibility index (Phi) is 6.92. The first kappa shape index (κ1) is 16.0. The number of para-hydroxylation sites is 1. The Bertz CT molecular complexity index is 383. The zero-order chi connectivity index (χ0) is 14.1. The minimum atomic E-state index is -0.132. The van der Waals surface area contributed by atoms with Crippen molar-refractivity contribution in [3.05, 3.63) is 30.3 Å². The van der Waals surface area contributed by atoms with Crippen molar-refractivity contribution in [3.8, 4) is 5.75 Å². The smallest absolute Gasteiger partial charge is 0.223 e. The summed E-state index contributed by atoms with van der Waals surface area (Å²) in [5, 5.41) is 3.97. The Morgan fingerprint density at radius 3 is 2.63 bits per heavy atom. The van der Waals surface area contributed by atoms with Crippen molar-refractivity contribution in [2.45, 2.75) is 38.6 Å². The van der Waals surface area contributed by atoms with Crippen LogP contribution in [-0.4, -0.2) is 23.4 Å². The Morgan fingerprint density at radius 2 is 2.05 bits per heavy atom. The summed E-state index contributed by atoms with van der Waals surface area (Å²) in [5.74, 6) is 0.843. The molecule has 1 amide bonds. The highest BCUT2D eigenvalue weighted by Crippen LogP contribution is 2.16. The van der Waals surface area contributed by atoms with E-state index in [1.807, 2.05) is 30.3 Å². The van der Waals surface area contributed by atoms with Crippen molar-refractivity contribution >= 4 is 21.8 Å². The van der Waals surface area contributed by atoms with Crippen LogP contribution in [-0.2, 0) is 4.79 Å². The average molecular weight is 328 g/mol. The fraction of sp³-hybridized carbons (Fsp3) is 0.533. The van der Waals surface area contributed by atoms with Crippen LogP contribution >= 0.6 is 15.9 Å². The van der Waals surface area contributed by atoms with Gasteiger partial charge in [0.05, 0.1) is 13.0 Å². The fourth-order valence-electron chi connectivity index (χ4n) is 1.71. The molecule has 0 aliphatic heterocycles. The van der Waals surface area contributed by atoms with E-state index in [9.17, 15) is 4.79 Å². The molecule has 0 aromatic heterocycles. The molecule has 0 heterocycles. The molecular weight excluding hydrogens is 306 g/mol. The third kappa shape index (κ3) is 6.10. The highest BCUT2D eigenvalue weighted by Gasteiger charge is 2.23. The molecule has 106 valence electrons. The van der Waals surface area contributed by atoms with E-state index in [2.05, 4.69) is 35.1 Å². The van der Waals surface area contributed by atoms with Gasteiger partial charge in [-0.25, -0.2) is 0 Å². The number of alkyl halides is 1. The topological polar surface area (TPSA) is 38.3 Å². The summed E-state index contributed by atoms with van der Waals surface area (Å²) in [6, 6.07) is 9.55. The quantitative estimate of drug-likeness (QED) is 0.742. The van der Waals surface area contributed by atoms with Gasteiger partial charge in [-0.3, -0.25) is 4.79 Å². The van der Waals surface area contributed by atoms with Crippen molar-refractivity contribution in [2.24, 2.45) is 0 Å². The van der Waals surface area contributed by atoms with Gasteiger partial charge in [-0.05, 0) is 31.9 Å². The van der Waals surface area contributed by atoms with E-state index in [1.165, 1.54) is 0 Å². The molecule has 0 fully saturated rings. The molecule has 1 aromatic carbocycles. The second-order valence-corrected chi connectivity index (χ2v) is 5.61. The predicted molar refractivity (Wildman–Crippen MR) is 81.8 cm³/mol. The van der Waals surface area contributed by atoms with E-state index >= 15 is 0 Å². The van der Waals surface area contributed by atoms with Gasteiger partial charge >= 0.3 is 0 Å². The van der Waals surface area contributed by atoms with E-state index in [0.717, 1.165) is 23.9 Å².